The van der Waals surface area contributed by atoms with Crippen molar-refractivity contribution < 1.29 is 4.42 Å². The number of nitrogens with zero attached hydrogens (tertiary/aromatic N) is 1. The van der Waals surface area contributed by atoms with Gasteiger partial charge in [0, 0.05) is 10.8 Å². The maximum absolute atomic E-state index is 8.58. The van der Waals surface area contributed by atoms with E-state index in [-0.39, 0.29) is 0 Å². The first-order valence-electron chi connectivity index (χ1n) is 3.28. The van der Waals surface area contributed by atoms with E-state index in [1.54, 1.807) is 6.26 Å². The molecule has 1 aromatic heterocycles. The molecule has 0 N–H and O–H groups in total. The molecule has 0 bridgehead atoms. The summed E-state index contributed by atoms with van der Waals surface area (Å²) in [6.45, 7) is 0. The quantitative estimate of drug-likeness (QED) is 0.567. The second-order valence-corrected chi connectivity index (χ2v) is 2.26. The standard InChI is InChI=1S/C9H5NO/c10-5-9-8-4-2-1-3-7(8)6-11-9/h1-4,6H. The van der Waals surface area contributed by atoms with E-state index >= 15 is 0 Å². The molecule has 11 heavy (non-hydrogen) atoms. The monoisotopic (exact) mass is 143 g/mol. The van der Waals surface area contributed by atoms with Gasteiger partial charge in [-0.15, -0.1) is 0 Å². The molecule has 1 heterocycles. The van der Waals surface area contributed by atoms with Gasteiger partial charge in [-0.2, -0.15) is 5.26 Å². The normalized spacial score (nSPS) is 9.73. The maximum atomic E-state index is 8.58. The Morgan fingerprint density at radius 3 is 2.91 bits per heavy atom. The Bertz CT molecular complexity index is 422. The molecule has 2 heteroatoms. The van der Waals surface area contributed by atoms with Crippen LogP contribution >= 0.6 is 0 Å². The fourth-order valence-electron chi connectivity index (χ4n) is 1.08. The van der Waals surface area contributed by atoms with Gasteiger partial charge in [0.25, 0.3) is 0 Å². The molecule has 2 rings (SSSR count). The molecule has 2 aromatic rings. The third-order valence-corrected chi connectivity index (χ3v) is 1.61. The molecule has 52 valence electrons. The number of nitriles is 1. The highest BCUT2D eigenvalue weighted by Gasteiger charge is 2.01. The minimum Gasteiger partial charge on any atom is -0.453 e. The Hall–Kier alpha value is -1.75. The Balaban J connectivity index is 2.89. The van der Waals surface area contributed by atoms with Gasteiger partial charge in [0.1, 0.15) is 12.3 Å². The van der Waals surface area contributed by atoms with Crippen molar-refractivity contribution in [1.29, 1.82) is 5.26 Å². The minimum atomic E-state index is 0.389. The van der Waals surface area contributed by atoms with Gasteiger partial charge in [0.05, 0.1) is 0 Å². The van der Waals surface area contributed by atoms with Crippen LogP contribution < -0.4 is 0 Å². The minimum absolute atomic E-state index is 0.389. The van der Waals surface area contributed by atoms with Crippen molar-refractivity contribution in [1.82, 2.24) is 0 Å². The molecule has 0 saturated heterocycles. The zero-order valence-corrected chi connectivity index (χ0v) is 5.74. The zero-order chi connectivity index (χ0) is 7.68. The summed E-state index contributed by atoms with van der Waals surface area (Å²) in [4.78, 5) is 0. The number of hydrogen-bond donors (Lipinski definition) is 0. The molecule has 0 unspecified atom stereocenters. The van der Waals surface area contributed by atoms with Crippen LogP contribution in [0.25, 0.3) is 10.8 Å². The first-order chi connectivity index (χ1) is 5.42. The van der Waals surface area contributed by atoms with Crippen LogP contribution in [0.2, 0.25) is 0 Å². The fourth-order valence-corrected chi connectivity index (χ4v) is 1.08. The van der Waals surface area contributed by atoms with Crippen LogP contribution in [-0.4, -0.2) is 0 Å². The summed E-state index contributed by atoms with van der Waals surface area (Å²) in [7, 11) is 0. The molecule has 0 atom stereocenters. The third kappa shape index (κ3) is 0.786. The predicted octanol–water partition coefficient (Wildman–Crippen LogP) is 2.30. The molecule has 2 nitrogen and oxygen atoms in total. The van der Waals surface area contributed by atoms with Crippen molar-refractivity contribution in [2.24, 2.45) is 0 Å². The lowest BCUT2D eigenvalue weighted by molar-refractivity contribution is 0.558. The Morgan fingerprint density at radius 2 is 2.09 bits per heavy atom. The summed E-state index contributed by atoms with van der Waals surface area (Å²) in [5.41, 5.74) is 0. The highest BCUT2D eigenvalue weighted by molar-refractivity contribution is 5.85. The van der Waals surface area contributed by atoms with Crippen LogP contribution in [-0.2, 0) is 0 Å². The molecule has 0 spiro atoms. The van der Waals surface area contributed by atoms with Crippen molar-refractivity contribution in [3.05, 3.63) is 36.3 Å². The maximum Gasteiger partial charge on any atom is 0.211 e. The molecular formula is C9H5NO. The average molecular weight is 143 g/mol. The summed E-state index contributed by atoms with van der Waals surface area (Å²) in [5.74, 6) is 0.389. The van der Waals surface area contributed by atoms with Crippen molar-refractivity contribution in [2.75, 3.05) is 0 Å². The molecule has 0 amide bonds. The molecule has 0 aliphatic heterocycles. The van der Waals surface area contributed by atoms with Crippen LogP contribution in [0.1, 0.15) is 5.76 Å². The van der Waals surface area contributed by atoms with Crippen LogP contribution in [0.5, 0.6) is 0 Å². The predicted molar refractivity (Wildman–Crippen MR) is 40.9 cm³/mol. The Labute approximate surface area is 63.7 Å². The molecule has 0 saturated carbocycles. The van der Waals surface area contributed by atoms with E-state index < -0.39 is 0 Å². The van der Waals surface area contributed by atoms with Crippen molar-refractivity contribution >= 4 is 10.8 Å². The smallest absolute Gasteiger partial charge is 0.211 e. The Morgan fingerprint density at radius 1 is 1.27 bits per heavy atom. The van der Waals surface area contributed by atoms with Crippen molar-refractivity contribution in [3.8, 4) is 6.07 Å². The SMILES string of the molecule is N#Cc1occ2ccccc12. The number of furan rings is 1. The van der Waals surface area contributed by atoms with Crippen LogP contribution in [0, 0.1) is 11.3 Å². The summed E-state index contributed by atoms with van der Waals surface area (Å²) in [6.07, 6.45) is 1.59. The van der Waals surface area contributed by atoms with E-state index in [0.29, 0.717) is 5.76 Å². The first kappa shape index (κ1) is 5.99. The van der Waals surface area contributed by atoms with Gasteiger partial charge >= 0.3 is 0 Å². The number of benzene rings is 1. The number of hydrogen-bond acceptors (Lipinski definition) is 2. The lowest BCUT2D eigenvalue weighted by Gasteiger charge is -1.83. The highest BCUT2D eigenvalue weighted by atomic mass is 16.3. The van der Waals surface area contributed by atoms with Crippen LogP contribution in [0.3, 0.4) is 0 Å². The molecule has 0 radical (unpaired) electrons. The second-order valence-electron chi connectivity index (χ2n) is 2.26. The van der Waals surface area contributed by atoms with Crippen molar-refractivity contribution in [3.63, 3.8) is 0 Å². The van der Waals surface area contributed by atoms with Gasteiger partial charge in [0.2, 0.25) is 5.76 Å². The van der Waals surface area contributed by atoms with E-state index in [2.05, 4.69) is 0 Å². The Kier molecular flexibility index (Phi) is 1.16. The summed E-state index contributed by atoms with van der Waals surface area (Å²) >= 11 is 0. The van der Waals surface area contributed by atoms with Gasteiger partial charge in [-0.1, -0.05) is 18.2 Å². The van der Waals surface area contributed by atoms with Crippen LogP contribution in [0.15, 0.2) is 34.9 Å². The van der Waals surface area contributed by atoms with E-state index in [1.165, 1.54) is 0 Å². The van der Waals surface area contributed by atoms with Crippen molar-refractivity contribution in [2.45, 2.75) is 0 Å². The summed E-state index contributed by atoms with van der Waals surface area (Å²) in [5, 5.41) is 10.4. The molecule has 0 aliphatic rings. The average Bonchev–Trinajstić information content (AvgIpc) is 2.47. The highest BCUT2D eigenvalue weighted by Crippen LogP contribution is 2.18. The van der Waals surface area contributed by atoms with Crippen LogP contribution in [0.4, 0.5) is 0 Å². The number of rotatable bonds is 0. The topological polar surface area (TPSA) is 36.9 Å². The van der Waals surface area contributed by atoms with Gasteiger partial charge in [-0.25, -0.2) is 0 Å². The lowest BCUT2D eigenvalue weighted by atomic mass is 10.2. The van der Waals surface area contributed by atoms with E-state index in [9.17, 15) is 0 Å². The van der Waals surface area contributed by atoms with E-state index in [4.69, 9.17) is 9.68 Å². The molecule has 1 aromatic carbocycles. The van der Waals surface area contributed by atoms with Gasteiger partial charge in [-0.05, 0) is 6.07 Å². The second kappa shape index (κ2) is 2.14. The number of fused-ring (bicyclic) bond motifs is 1. The molecular weight excluding hydrogens is 138 g/mol. The first-order valence-corrected chi connectivity index (χ1v) is 3.28. The zero-order valence-electron chi connectivity index (χ0n) is 5.74. The van der Waals surface area contributed by atoms with Gasteiger partial charge in [0.15, 0.2) is 0 Å². The molecule has 0 aliphatic carbocycles. The van der Waals surface area contributed by atoms with E-state index in [1.807, 2.05) is 30.3 Å². The lowest BCUT2D eigenvalue weighted by Crippen LogP contribution is -1.66. The summed E-state index contributed by atoms with van der Waals surface area (Å²) in [6, 6.07) is 9.58. The third-order valence-electron chi connectivity index (χ3n) is 1.61. The molecule has 0 fully saturated rings. The van der Waals surface area contributed by atoms with Gasteiger partial charge < -0.3 is 4.42 Å². The summed E-state index contributed by atoms with van der Waals surface area (Å²) < 4.78 is 5.00. The van der Waals surface area contributed by atoms with Gasteiger partial charge in [-0.3, -0.25) is 0 Å². The largest absolute Gasteiger partial charge is 0.453 e. The fraction of sp³-hybridized carbons (Fsp3) is 0. The van der Waals surface area contributed by atoms with E-state index in [0.717, 1.165) is 10.8 Å².